The Labute approximate surface area is 318 Å². The van der Waals surface area contributed by atoms with E-state index in [1.807, 2.05) is 55.8 Å². The first-order valence-electron chi connectivity index (χ1n) is 19.1. The number of carbonyl (C=O) groups excluding carboxylic acids is 2. The van der Waals surface area contributed by atoms with Gasteiger partial charge in [0.15, 0.2) is 5.01 Å². The molecule has 0 radical (unpaired) electrons. The molecule has 0 bridgehead atoms. The zero-order valence-corrected chi connectivity index (χ0v) is 31.4. The van der Waals surface area contributed by atoms with Crippen LogP contribution in [0.25, 0.3) is 27.5 Å². The van der Waals surface area contributed by atoms with Crippen LogP contribution < -0.4 is 15.5 Å². The fourth-order valence-corrected chi connectivity index (χ4v) is 9.41. The Hall–Kier alpha value is -5.26. The van der Waals surface area contributed by atoms with Crippen molar-refractivity contribution < 1.29 is 9.59 Å². The van der Waals surface area contributed by atoms with Crippen molar-refractivity contribution in [3.63, 3.8) is 0 Å². The lowest BCUT2D eigenvalue weighted by Gasteiger charge is -2.44. The molecule has 54 heavy (non-hydrogen) atoms. The highest BCUT2D eigenvalue weighted by molar-refractivity contribution is 7.14. The van der Waals surface area contributed by atoms with Gasteiger partial charge in [-0.1, -0.05) is 36.7 Å². The van der Waals surface area contributed by atoms with E-state index in [1.54, 1.807) is 22.0 Å². The largest absolute Gasteiger partial charge is 0.387 e. The first kappa shape index (κ1) is 35.8. The highest BCUT2D eigenvalue weighted by Crippen LogP contribution is 2.42. The van der Waals surface area contributed by atoms with Crippen LogP contribution in [0.15, 0.2) is 55.0 Å². The van der Waals surface area contributed by atoms with E-state index in [0.29, 0.717) is 23.8 Å². The molecule has 5 aromatic heterocycles. The number of aromatic nitrogens is 6. The van der Waals surface area contributed by atoms with Crippen molar-refractivity contribution in [2.75, 3.05) is 50.0 Å². The molecular weight excluding hydrogens is 699 g/mol. The van der Waals surface area contributed by atoms with E-state index >= 15 is 0 Å². The predicted octanol–water partition coefficient (Wildman–Crippen LogP) is 5.84. The van der Waals surface area contributed by atoms with E-state index in [2.05, 4.69) is 41.8 Å². The van der Waals surface area contributed by atoms with Gasteiger partial charge in [-0.25, -0.2) is 9.50 Å². The molecule has 3 fully saturated rings. The number of hydrogen-bond acceptors (Lipinski definition) is 12. The number of pyridine rings is 2. The molecule has 1 saturated carbocycles. The zero-order chi connectivity index (χ0) is 37.1. The Morgan fingerprint density at radius 3 is 2.61 bits per heavy atom. The van der Waals surface area contributed by atoms with Gasteiger partial charge < -0.3 is 10.2 Å². The molecule has 2 saturated heterocycles. The molecule has 2 aliphatic heterocycles. The lowest BCUT2D eigenvalue weighted by atomic mass is 9.70. The van der Waals surface area contributed by atoms with Crippen LogP contribution in [-0.4, -0.2) is 86.3 Å². The summed E-state index contributed by atoms with van der Waals surface area (Å²) in [6.45, 7) is 5.03. The number of amides is 2. The fourth-order valence-electron chi connectivity index (χ4n) is 8.51. The third kappa shape index (κ3) is 7.56. The van der Waals surface area contributed by atoms with Crippen LogP contribution in [0.2, 0.25) is 0 Å². The van der Waals surface area contributed by atoms with Gasteiger partial charge >= 0.3 is 0 Å². The van der Waals surface area contributed by atoms with Gasteiger partial charge in [0, 0.05) is 70.7 Å². The second kappa shape index (κ2) is 15.6. The van der Waals surface area contributed by atoms with Crippen molar-refractivity contribution in [2.24, 2.45) is 5.41 Å². The minimum Gasteiger partial charge on any atom is -0.387 e. The molecule has 13 nitrogen and oxygen atoms in total. The summed E-state index contributed by atoms with van der Waals surface area (Å²) in [6, 6.07) is 13.9. The molecule has 0 unspecified atom stereocenters. The molecular formula is C40H45N11O2S. The van der Waals surface area contributed by atoms with Crippen LogP contribution in [0.5, 0.6) is 0 Å². The molecule has 3 aliphatic rings. The lowest BCUT2D eigenvalue weighted by molar-refractivity contribution is -0.134. The van der Waals surface area contributed by atoms with Crippen LogP contribution >= 0.6 is 11.3 Å². The van der Waals surface area contributed by atoms with Gasteiger partial charge in [-0.05, 0) is 73.4 Å². The highest BCUT2D eigenvalue weighted by atomic mass is 32.1. The zero-order valence-electron chi connectivity index (χ0n) is 30.6. The van der Waals surface area contributed by atoms with Gasteiger partial charge in [-0.3, -0.25) is 24.8 Å². The van der Waals surface area contributed by atoms with E-state index in [1.165, 1.54) is 38.5 Å². The number of nitrogens with one attached hydrogen (secondary N) is 2. The van der Waals surface area contributed by atoms with Crippen molar-refractivity contribution in [1.29, 1.82) is 5.26 Å². The normalized spacial score (nSPS) is 19.1. The third-order valence-corrected chi connectivity index (χ3v) is 12.5. The minimum atomic E-state index is -0.305. The lowest BCUT2D eigenvalue weighted by Crippen LogP contribution is -2.50. The Morgan fingerprint density at radius 2 is 1.85 bits per heavy atom. The molecule has 5 aromatic rings. The summed E-state index contributed by atoms with van der Waals surface area (Å²) in [7, 11) is 1.90. The maximum atomic E-state index is 12.3. The second-order valence-corrected chi connectivity index (χ2v) is 16.0. The Morgan fingerprint density at radius 1 is 1.00 bits per heavy atom. The third-order valence-electron chi connectivity index (χ3n) is 11.4. The quantitative estimate of drug-likeness (QED) is 0.157. The summed E-state index contributed by atoms with van der Waals surface area (Å²) >= 11 is 1.65. The van der Waals surface area contributed by atoms with E-state index in [4.69, 9.17) is 9.97 Å². The number of carbonyl (C=O) groups is 2. The number of hydrogen-bond donors (Lipinski definition) is 2. The van der Waals surface area contributed by atoms with Gasteiger partial charge in [0.2, 0.25) is 11.8 Å². The molecule has 2 amide bonds. The number of piperidine rings is 1. The molecule has 2 N–H and O–H groups in total. The fraction of sp³-hybridized carbons (Fsp3) is 0.450. The second-order valence-electron chi connectivity index (χ2n) is 14.9. The molecule has 0 spiro atoms. The Bertz CT molecular complexity index is 2180. The number of rotatable bonds is 11. The standard InChI is InChI=1S/C40H45N11O2S/c1-42-32-21-33(34-10-8-29-20-27(22-41)23-45-51(29)34)43-25-31(32)39-48-47-37(54-39)6-5-15-40(13-3-2-4-14-40)26-49-16-18-50(19-17-49)35-11-7-28(24-44-35)30-9-12-36(52)46-38(30)53/h7-8,10-11,20-21,23-25,30H,2-6,9,12-19,26H2,1H3,(H,42,43)(H,46,52,53)/t30-/m0/s1. The van der Waals surface area contributed by atoms with Crippen LogP contribution in [0.4, 0.5) is 11.5 Å². The van der Waals surface area contributed by atoms with Crippen LogP contribution in [0, 0.1) is 16.7 Å². The van der Waals surface area contributed by atoms with Gasteiger partial charge in [0.25, 0.3) is 0 Å². The summed E-state index contributed by atoms with van der Waals surface area (Å²) in [4.78, 5) is 38.4. The van der Waals surface area contributed by atoms with E-state index in [0.717, 1.165) is 95.1 Å². The maximum absolute atomic E-state index is 12.3. The highest BCUT2D eigenvalue weighted by Gasteiger charge is 2.35. The van der Waals surface area contributed by atoms with E-state index in [9.17, 15) is 14.9 Å². The summed E-state index contributed by atoms with van der Waals surface area (Å²) in [5.41, 5.74) is 6.06. The Kier molecular flexibility index (Phi) is 10.3. The molecule has 1 aliphatic carbocycles. The topological polar surface area (TPSA) is 157 Å². The average molecular weight is 744 g/mol. The van der Waals surface area contributed by atoms with Crippen LogP contribution in [0.1, 0.15) is 79.8 Å². The predicted molar refractivity (Wildman–Crippen MR) is 208 cm³/mol. The van der Waals surface area contributed by atoms with Crippen LogP contribution in [0.3, 0.4) is 0 Å². The molecule has 7 heterocycles. The van der Waals surface area contributed by atoms with Gasteiger partial charge in [-0.15, -0.1) is 10.2 Å². The van der Waals surface area contributed by atoms with Crippen molar-refractivity contribution in [3.05, 3.63) is 71.1 Å². The van der Waals surface area contributed by atoms with Crippen molar-refractivity contribution in [1.82, 2.24) is 40.0 Å². The maximum Gasteiger partial charge on any atom is 0.234 e. The van der Waals surface area contributed by atoms with Crippen molar-refractivity contribution in [3.8, 4) is 28.0 Å². The first-order chi connectivity index (χ1) is 26.4. The molecule has 1 atom stereocenters. The number of fused-ring (bicyclic) bond motifs is 1. The monoisotopic (exact) mass is 743 g/mol. The average Bonchev–Trinajstić information content (AvgIpc) is 3.86. The van der Waals surface area contributed by atoms with Gasteiger partial charge in [0.05, 0.1) is 40.1 Å². The smallest absolute Gasteiger partial charge is 0.234 e. The van der Waals surface area contributed by atoms with Gasteiger partial charge in [0.1, 0.15) is 16.9 Å². The number of imide groups is 1. The van der Waals surface area contributed by atoms with Gasteiger partial charge in [-0.2, -0.15) is 10.4 Å². The van der Waals surface area contributed by atoms with E-state index < -0.39 is 0 Å². The molecule has 0 aromatic carbocycles. The SMILES string of the molecule is CNc1cc(-c2ccc3cc(C#N)cnn23)ncc1-c1nnc(CCCC2(CN3CCN(c4ccc([C@@H]5CCC(=O)NC5=O)cn4)CC3)CCCCC2)s1. The number of anilines is 2. The Balaban J connectivity index is 0.864. The first-order valence-corrected chi connectivity index (χ1v) is 19.9. The summed E-state index contributed by atoms with van der Waals surface area (Å²) < 4.78 is 1.80. The summed E-state index contributed by atoms with van der Waals surface area (Å²) in [5.74, 6) is 0.229. The van der Waals surface area contributed by atoms with Crippen molar-refractivity contribution >= 4 is 40.2 Å². The summed E-state index contributed by atoms with van der Waals surface area (Å²) in [6.07, 6.45) is 15.9. The number of nitriles is 1. The van der Waals surface area contributed by atoms with E-state index in [-0.39, 0.29) is 17.7 Å². The molecule has 14 heteroatoms. The van der Waals surface area contributed by atoms with Crippen molar-refractivity contribution in [2.45, 2.75) is 70.1 Å². The minimum absolute atomic E-state index is 0.195. The number of nitrogens with zero attached hydrogens (tertiary/aromatic N) is 9. The number of aryl methyl sites for hydroxylation is 1. The molecule has 278 valence electrons. The summed E-state index contributed by atoms with van der Waals surface area (Å²) in [5, 5.41) is 30.6. The molecule has 8 rings (SSSR count). The number of piperazine rings is 1. The van der Waals surface area contributed by atoms with Crippen LogP contribution in [-0.2, 0) is 16.0 Å².